The molecule has 0 aliphatic carbocycles. The van der Waals surface area contributed by atoms with E-state index >= 15 is 0 Å². The highest BCUT2D eigenvalue weighted by atomic mass is 35.5. The molecule has 2 aliphatic heterocycles. The summed E-state index contributed by atoms with van der Waals surface area (Å²) in [6.07, 6.45) is 2.28. The van der Waals surface area contributed by atoms with Crippen LogP contribution in [-0.4, -0.2) is 46.6 Å². The molecule has 8 heteroatoms. The Morgan fingerprint density at radius 1 is 1.31 bits per heavy atom. The number of benzene rings is 1. The average Bonchev–Trinajstić information content (AvgIpc) is 3.14. The topological polar surface area (TPSA) is 67.5 Å². The minimum absolute atomic E-state index is 0.00478. The van der Waals surface area contributed by atoms with E-state index in [2.05, 4.69) is 26.3 Å². The van der Waals surface area contributed by atoms with Crippen LogP contribution in [0.2, 0.25) is 5.02 Å². The summed E-state index contributed by atoms with van der Waals surface area (Å²) in [4.78, 5) is 13.5. The van der Waals surface area contributed by atoms with Crippen LogP contribution in [0.15, 0.2) is 36.8 Å². The minimum atomic E-state index is -0.427. The lowest BCUT2D eigenvalue weighted by Gasteiger charge is -2.41. The molecule has 2 unspecified atom stereocenters. The van der Waals surface area contributed by atoms with Crippen molar-refractivity contribution < 1.29 is 9.13 Å². The van der Waals surface area contributed by atoms with Gasteiger partial charge >= 0.3 is 0 Å². The molecule has 0 amide bonds. The molecule has 1 fully saturated rings. The van der Waals surface area contributed by atoms with Crippen LogP contribution >= 0.6 is 11.6 Å². The van der Waals surface area contributed by atoms with E-state index in [0.29, 0.717) is 13.0 Å². The first-order valence-electron chi connectivity index (χ1n) is 11.0. The Labute approximate surface area is 194 Å². The summed E-state index contributed by atoms with van der Waals surface area (Å²) in [6, 6.07) is 4.98. The highest BCUT2D eigenvalue weighted by Crippen LogP contribution is 2.37. The number of allylic oxidation sites excluding steroid dienone is 1. The summed E-state index contributed by atoms with van der Waals surface area (Å²) >= 11 is 5.91. The van der Waals surface area contributed by atoms with E-state index in [1.807, 2.05) is 26.8 Å². The van der Waals surface area contributed by atoms with Gasteiger partial charge in [-0.1, -0.05) is 24.2 Å². The van der Waals surface area contributed by atoms with Gasteiger partial charge in [-0.2, -0.15) is 0 Å². The third-order valence-corrected chi connectivity index (χ3v) is 6.59. The normalized spacial score (nSPS) is 19.8. The second-order valence-corrected chi connectivity index (χ2v) is 9.80. The van der Waals surface area contributed by atoms with Gasteiger partial charge in [0.1, 0.15) is 18.0 Å². The molecule has 1 saturated heterocycles. The summed E-state index contributed by atoms with van der Waals surface area (Å²) in [6.45, 7) is 14.2. The van der Waals surface area contributed by atoms with Crippen LogP contribution in [0, 0.1) is 5.82 Å². The van der Waals surface area contributed by atoms with E-state index in [9.17, 15) is 4.39 Å². The zero-order valence-corrected chi connectivity index (χ0v) is 19.7. The first-order chi connectivity index (χ1) is 15.1. The molecule has 32 heavy (non-hydrogen) atoms. The van der Waals surface area contributed by atoms with Gasteiger partial charge in [0.2, 0.25) is 0 Å². The van der Waals surface area contributed by atoms with Crippen LogP contribution in [0.5, 0.6) is 0 Å². The zero-order valence-electron chi connectivity index (χ0n) is 18.9. The maximum Gasteiger partial charge on any atom is 0.142 e. The van der Waals surface area contributed by atoms with Crippen molar-refractivity contribution in [3.63, 3.8) is 0 Å². The molecule has 0 radical (unpaired) electrons. The second kappa shape index (κ2) is 8.96. The number of nitrogens with zero attached hydrogens (tertiary/aromatic N) is 4. The number of ether oxygens (including phenoxy) is 1. The fourth-order valence-electron chi connectivity index (χ4n) is 4.60. The molecule has 1 aromatic carbocycles. The number of fused-ring (bicyclic) bond motifs is 1. The molecule has 2 aliphatic rings. The molecular formula is C24H31ClFN5O. The first-order valence-corrected chi connectivity index (χ1v) is 11.4. The average molecular weight is 460 g/mol. The molecule has 0 saturated carbocycles. The van der Waals surface area contributed by atoms with Crippen LogP contribution in [0.4, 0.5) is 10.2 Å². The SMILES string of the molecule is C=C(C(CC(C)(C)N)c1ccc(Cl)c(F)c1)N1CCN(c2ncnc3c2C(C)OC3)CC1. The van der Waals surface area contributed by atoms with E-state index < -0.39 is 11.4 Å². The Morgan fingerprint density at radius 2 is 2.03 bits per heavy atom. The monoisotopic (exact) mass is 459 g/mol. The Hall–Kier alpha value is -2.22. The standard InChI is InChI=1S/C24H31ClFN5O/c1-15(18(12-24(3,4)27)17-5-6-19(25)20(26)11-17)30-7-9-31(10-8-30)23-22-16(2)32-13-21(22)28-14-29-23/h5-6,11,14,16,18H,1,7-10,12-13,27H2,2-4H3. The number of piperazine rings is 1. The van der Waals surface area contributed by atoms with Crippen LogP contribution in [-0.2, 0) is 11.3 Å². The van der Waals surface area contributed by atoms with Gasteiger partial charge in [0, 0.05) is 48.9 Å². The van der Waals surface area contributed by atoms with Gasteiger partial charge in [0.05, 0.1) is 23.4 Å². The molecule has 2 N–H and O–H groups in total. The lowest BCUT2D eigenvalue weighted by Crippen LogP contribution is -2.47. The van der Waals surface area contributed by atoms with Gasteiger partial charge in [0.15, 0.2) is 0 Å². The number of anilines is 1. The second-order valence-electron chi connectivity index (χ2n) is 9.40. The Bertz CT molecular complexity index is 1000. The van der Waals surface area contributed by atoms with Crippen LogP contribution in [0.3, 0.4) is 0 Å². The fourth-order valence-corrected chi connectivity index (χ4v) is 4.72. The third kappa shape index (κ3) is 4.75. The molecule has 6 nitrogen and oxygen atoms in total. The van der Waals surface area contributed by atoms with E-state index in [-0.39, 0.29) is 17.0 Å². The van der Waals surface area contributed by atoms with Crippen molar-refractivity contribution in [1.82, 2.24) is 14.9 Å². The number of hydrogen-bond donors (Lipinski definition) is 1. The van der Waals surface area contributed by atoms with Crippen molar-refractivity contribution in [3.8, 4) is 0 Å². The Balaban J connectivity index is 1.51. The molecular weight excluding hydrogens is 429 g/mol. The summed E-state index contributed by atoms with van der Waals surface area (Å²) in [7, 11) is 0. The molecule has 2 aromatic rings. The minimum Gasteiger partial charge on any atom is -0.371 e. The third-order valence-electron chi connectivity index (χ3n) is 6.29. The van der Waals surface area contributed by atoms with Crippen molar-refractivity contribution in [3.05, 3.63) is 64.5 Å². The van der Waals surface area contributed by atoms with E-state index in [1.165, 1.54) is 6.07 Å². The number of aromatic nitrogens is 2. The Kier molecular flexibility index (Phi) is 6.43. The number of nitrogens with two attached hydrogens (primary N) is 1. The van der Waals surface area contributed by atoms with Crippen LogP contribution in [0.1, 0.15) is 56.0 Å². The van der Waals surface area contributed by atoms with Crippen LogP contribution in [0.25, 0.3) is 0 Å². The summed E-state index contributed by atoms with van der Waals surface area (Å²) < 4.78 is 20.0. The van der Waals surface area contributed by atoms with E-state index in [0.717, 1.165) is 54.5 Å². The highest BCUT2D eigenvalue weighted by Gasteiger charge is 2.31. The van der Waals surface area contributed by atoms with Gasteiger partial charge in [-0.15, -0.1) is 0 Å². The molecule has 1 aromatic heterocycles. The molecule has 172 valence electrons. The largest absolute Gasteiger partial charge is 0.371 e. The fraction of sp³-hybridized carbons (Fsp3) is 0.500. The van der Waals surface area contributed by atoms with Crippen molar-refractivity contribution >= 4 is 17.4 Å². The molecule has 0 spiro atoms. The number of hydrogen-bond acceptors (Lipinski definition) is 6. The van der Waals surface area contributed by atoms with Crippen LogP contribution < -0.4 is 10.6 Å². The van der Waals surface area contributed by atoms with Gasteiger partial charge in [-0.3, -0.25) is 0 Å². The smallest absolute Gasteiger partial charge is 0.142 e. The van der Waals surface area contributed by atoms with Gasteiger partial charge in [-0.25, -0.2) is 14.4 Å². The lowest BCUT2D eigenvalue weighted by atomic mass is 9.84. The highest BCUT2D eigenvalue weighted by molar-refractivity contribution is 6.30. The predicted molar refractivity (Wildman–Crippen MR) is 125 cm³/mol. The van der Waals surface area contributed by atoms with Crippen molar-refractivity contribution in [2.45, 2.75) is 51.4 Å². The van der Waals surface area contributed by atoms with Crippen molar-refractivity contribution in [2.75, 3.05) is 31.1 Å². The van der Waals surface area contributed by atoms with E-state index in [1.54, 1.807) is 12.4 Å². The number of rotatable bonds is 6. The molecule has 2 atom stereocenters. The summed E-state index contributed by atoms with van der Waals surface area (Å²) in [5, 5.41) is 0.120. The summed E-state index contributed by atoms with van der Waals surface area (Å²) in [5.74, 6) is 0.449. The van der Waals surface area contributed by atoms with Gasteiger partial charge < -0.3 is 20.3 Å². The maximum absolute atomic E-state index is 14.2. The van der Waals surface area contributed by atoms with E-state index in [4.69, 9.17) is 22.1 Å². The predicted octanol–water partition coefficient (Wildman–Crippen LogP) is 4.41. The molecule has 4 rings (SSSR count). The molecule has 0 bridgehead atoms. The van der Waals surface area contributed by atoms with Gasteiger partial charge in [-0.05, 0) is 44.9 Å². The zero-order chi connectivity index (χ0) is 23.0. The molecule has 3 heterocycles. The number of halogens is 2. The summed E-state index contributed by atoms with van der Waals surface area (Å²) in [5.41, 5.74) is 9.80. The quantitative estimate of drug-likeness (QED) is 0.690. The maximum atomic E-state index is 14.2. The van der Waals surface area contributed by atoms with Gasteiger partial charge in [0.25, 0.3) is 0 Å². The van der Waals surface area contributed by atoms with Crippen molar-refractivity contribution in [2.24, 2.45) is 5.73 Å². The lowest BCUT2D eigenvalue weighted by molar-refractivity contribution is 0.0787. The first kappa shape index (κ1) is 23.0. The van der Waals surface area contributed by atoms with Crippen molar-refractivity contribution in [1.29, 1.82) is 0 Å². The Morgan fingerprint density at radius 3 is 2.69 bits per heavy atom.